The molecule has 1 saturated carbocycles. The summed E-state index contributed by atoms with van der Waals surface area (Å²) in [6, 6.07) is 4.55. The highest BCUT2D eigenvalue weighted by Crippen LogP contribution is 2.33. The lowest BCUT2D eigenvalue weighted by Gasteiger charge is -2.24. The van der Waals surface area contributed by atoms with Gasteiger partial charge in [-0.15, -0.1) is 0 Å². The molecule has 2 heterocycles. The van der Waals surface area contributed by atoms with E-state index in [-0.39, 0.29) is 6.04 Å². The fourth-order valence-corrected chi connectivity index (χ4v) is 3.39. The topological polar surface area (TPSA) is 42.0 Å². The molecular weight excluding hydrogens is 224 g/mol. The lowest BCUT2D eigenvalue weighted by Crippen LogP contribution is -2.37. The number of hydrogen-bond donors (Lipinski definition) is 1. The van der Waals surface area contributed by atoms with Crippen LogP contribution in [0.3, 0.4) is 0 Å². The third kappa shape index (κ3) is 2.46. The second-order valence-electron chi connectivity index (χ2n) is 5.60. The van der Waals surface area contributed by atoms with Crippen LogP contribution < -0.4 is 5.32 Å². The zero-order valence-electron chi connectivity index (χ0n) is 10.6. The Kier molecular flexibility index (Phi) is 3.41. The van der Waals surface area contributed by atoms with Crippen LogP contribution in [-0.4, -0.2) is 22.9 Å². The molecule has 3 atom stereocenters. The van der Waals surface area contributed by atoms with Crippen molar-refractivity contribution in [2.24, 2.45) is 5.92 Å². The first-order chi connectivity index (χ1) is 8.83. The Morgan fingerprint density at radius 3 is 2.83 bits per heavy atom. The number of pyridine rings is 1. The molecule has 1 N–H and O–H groups in total. The van der Waals surface area contributed by atoms with E-state index in [2.05, 4.69) is 10.3 Å². The van der Waals surface area contributed by atoms with Gasteiger partial charge in [-0.3, -0.25) is 9.78 Å². The molecule has 3 nitrogen and oxygen atoms in total. The summed E-state index contributed by atoms with van der Waals surface area (Å²) in [4.78, 5) is 16.3. The number of carbonyl (C=O) groups excluding carboxylic acids is 1. The van der Waals surface area contributed by atoms with Crippen LogP contribution in [0, 0.1) is 5.92 Å². The van der Waals surface area contributed by atoms with Gasteiger partial charge in [-0.2, -0.15) is 0 Å². The number of hydrogen-bond acceptors (Lipinski definition) is 3. The lowest BCUT2D eigenvalue weighted by molar-refractivity contribution is -0.120. The minimum Gasteiger partial charge on any atom is -0.304 e. The average Bonchev–Trinajstić information content (AvgIpc) is 2.84. The quantitative estimate of drug-likeness (QED) is 0.885. The summed E-state index contributed by atoms with van der Waals surface area (Å²) >= 11 is 0. The summed E-state index contributed by atoms with van der Waals surface area (Å²) in [5.41, 5.74) is 1.08. The van der Waals surface area contributed by atoms with Gasteiger partial charge in [-0.1, -0.05) is 12.8 Å². The normalized spacial score (nSPS) is 31.0. The van der Waals surface area contributed by atoms with Gasteiger partial charge in [0, 0.05) is 24.9 Å². The van der Waals surface area contributed by atoms with Gasteiger partial charge < -0.3 is 5.32 Å². The van der Waals surface area contributed by atoms with E-state index in [0.717, 1.165) is 17.9 Å². The maximum absolute atomic E-state index is 12.3. The van der Waals surface area contributed by atoms with E-state index in [1.807, 2.05) is 12.1 Å². The van der Waals surface area contributed by atoms with Crippen molar-refractivity contribution in [2.45, 2.75) is 50.6 Å². The van der Waals surface area contributed by atoms with Crippen LogP contribution in [0.5, 0.6) is 0 Å². The highest BCUT2D eigenvalue weighted by molar-refractivity contribution is 5.86. The second kappa shape index (κ2) is 5.19. The Morgan fingerprint density at radius 2 is 2.06 bits per heavy atom. The van der Waals surface area contributed by atoms with Crippen molar-refractivity contribution in [1.29, 1.82) is 0 Å². The van der Waals surface area contributed by atoms with E-state index >= 15 is 0 Å². The molecule has 0 amide bonds. The fraction of sp³-hybridized carbons (Fsp3) is 0.600. The summed E-state index contributed by atoms with van der Waals surface area (Å²) in [6.07, 6.45) is 10.3. The van der Waals surface area contributed by atoms with E-state index < -0.39 is 0 Å². The Bertz CT molecular complexity index is 404. The molecule has 2 aliphatic rings. The van der Waals surface area contributed by atoms with Crippen LogP contribution in [0.25, 0.3) is 0 Å². The molecule has 3 rings (SSSR count). The van der Waals surface area contributed by atoms with Gasteiger partial charge in [0.05, 0.1) is 6.04 Å². The number of carbonyl (C=O) groups is 1. The Labute approximate surface area is 108 Å². The van der Waals surface area contributed by atoms with E-state index in [0.29, 0.717) is 18.2 Å². The largest absolute Gasteiger partial charge is 0.304 e. The molecule has 1 saturated heterocycles. The highest BCUT2D eigenvalue weighted by Gasteiger charge is 2.37. The third-order valence-corrected chi connectivity index (χ3v) is 4.38. The highest BCUT2D eigenvalue weighted by atomic mass is 16.1. The Morgan fingerprint density at radius 1 is 1.28 bits per heavy atom. The maximum atomic E-state index is 12.3. The minimum atomic E-state index is 0.0891. The molecule has 1 aromatic rings. The molecule has 18 heavy (non-hydrogen) atoms. The zero-order valence-corrected chi connectivity index (χ0v) is 10.6. The van der Waals surface area contributed by atoms with Gasteiger partial charge >= 0.3 is 0 Å². The number of rotatable bonds is 3. The summed E-state index contributed by atoms with van der Waals surface area (Å²) < 4.78 is 0. The van der Waals surface area contributed by atoms with Crippen LogP contribution in [-0.2, 0) is 11.2 Å². The Hall–Kier alpha value is -1.22. The predicted octanol–water partition coefficient (Wildman–Crippen LogP) is 2.11. The molecule has 1 aliphatic carbocycles. The summed E-state index contributed by atoms with van der Waals surface area (Å²) in [5, 5.41) is 3.55. The molecule has 0 bridgehead atoms. The van der Waals surface area contributed by atoms with Crippen LogP contribution in [0.15, 0.2) is 24.5 Å². The summed E-state index contributed by atoms with van der Waals surface area (Å²) in [7, 11) is 0. The predicted molar refractivity (Wildman–Crippen MR) is 70.2 cm³/mol. The van der Waals surface area contributed by atoms with Crippen molar-refractivity contribution in [1.82, 2.24) is 10.3 Å². The molecule has 1 aromatic heterocycles. The van der Waals surface area contributed by atoms with Crippen molar-refractivity contribution in [3.63, 3.8) is 0 Å². The molecule has 3 unspecified atom stereocenters. The number of nitrogens with zero attached hydrogens (tertiary/aromatic N) is 1. The van der Waals surface area contributed by atoms with Crippen LogP contribution >= 0.6 is 0 Å². The van der Waals surface area contributed by atoms with Crippen LogP contribution in [0.4, 0.5) is 0 Å². The number of Topliss-reactive ketones (excluding diaryl/α,β-unsaturated/α-hetero) is 1. The minimum absolute atomic E-state index is 0.0891. The molecule has 0 radical (unpaired) electrons. The van der Waals surface area contributed by atoms with Crippen molar-refractivity contribution < 1.29 is 4.79 Å². The third-order valence-electron chi connectivity index (χ3n) is 4.38. The molecule has 3 heteroatoms. The van der Waals surface area contributed by atoms with E-state index in [1.165, 1.54) is 25.7 Å². The monoisotopic (exact) mass is 244 g/mol. The van der Waals surface area contributed by atoms with E-state index in [4.69, 9.17) is 0 Å². The second-order valence-corrected chi connectivity index (χ2v) is 5.60. The zero-order chi connectivity index (χ0) is 12.4. The van der Waals surface area contributed by atoms with Gasteiger partial charge in [-0.25, -0.2) is 0 Å². The number of ketones is 1. The smallest absolute Gasteiger partial charge is 0.154 e. The molecular formula is C15H20N2O. The number of nitrogens with one attached hydrogen (secondary N) is 1. The summed E-state index contributed by atoms with van der Waals surface area (Å²) in [6.45, 7) is 0. The summed E-state index contributed by atoms with van der Waals surface area (Å²) in [5.74, 6) is 1.08. The van der Waals surface area contributed by atoms with E-state index in [9.17, 15) is 4.79 Å². The molecule has 1 aliphatic heterocycles. The van der Waals surface area contributed by atoms with Gasteiger partial charge in [0.25, 0.3) is 0 Å². The van der Waals surface area contributed by atoms with Crippen LogP contribution in [0.1, 0.15) is 37.7 Å². The number of aromatic nitrogens is 1. The average molecular weight is 244 g/mol. The standard InChI is InChI=1S/C15H20N2O/c18-15(9-11-5-7-16-8-6-11)14-10-12-3-1-2-4-13(12)17-14/h5-8,12-14,17H,1-4,9-10H2. The van der Waals surface area contributed by atoms with Crippen molar-refractivity contribution >= 4 is 5.78 Å². The van der Waals surface area contributed by atoms with Gasteiger partial charge in [-0.05, 0) is 42.9 Å². The molecule has 96 valence electrons. The Balaban J connectivity index is 1.60. The van der Waals surface area contributed by atoms with Crippen molar-refractivity contribution in [3.8, 4) is 0 Å². The first-order valence-electron chi connectivity index (χ1n) is 7.00. The van der Waals surface area contributed by atoms with E-state index in [1.54, 1.807) is 12.4 Å². The van der Waals surface area contributed by atoms with Gasteiger partial charge in [0.1, 0.15) is 0 Å². The van der Waals surface area contributed by atoms with Gasteiger partial charge in [0.2, 0.25) is 0 Å². The first-order valence-corrected chi connectivity index (χ1v) is 7.00. The SMILES string of the molecule is O=C(Cc1ccncc1)C1CC2CCCCC2N1. The fourth-order valence-electron chi connectivity index (χ4n) is 3.39. The molecule has 0 aromatic carbocycles. The van der Waals surface area contributed by atoms with Crippen molar-refractivity contribution in [2.75, 3.05) is 0 Å². The van der Waals surface area contributed by atoms with Gasteiger partial charge in [0.15, 0.2) is 5.78 Å². The molecule has 2 fully saturated rings. The van der Waals surface area contributed by atoms with Crippen LogP contribution in [0.2, 0.25) is 0 Å². The lowest BCUT2D eigenvalue weighted by atomic mass is 9.84. The number of fused-ring (bicyclic) bond motifs is 1. The first kappa shape index (κ1) is 11.8. The molecule has 0 spiro atoms. The van der Waals surface area contributed by atoms with Crippen molar-refractivity contribution in [3.05, 3.63) is 30.1 Å². The maximum Gasteiger partial charge on any atom is 0.154 e.